The first-order valence-electron chi connectivity index (χ1n) is 20.4. The fourth-order valence-corrected chi connectivity index (χ4v) is 9.48. The minimum Gasteiger partial charge on any atom is -0.455 e. The molecule has 0 saturated carbocycles. The highest BCUT2D eigenvalue weighted by Crippen LogP contribution is 2.58. The van der Waals surface area contributed by atoms with Gasteiger partial charge in [-0.25, -0.2) is 0 Å². The second-order valence-electron chi connectivity index (χ2n) is 16.0. The number of benzene rings is 9. The molecule has 0 saturated heterocycles. The predicted octanol–water partition coefficient (Wildman–Crippen LogP) is 16.0. The van der Waals surface area contributed by atoms with E-state index in [1.165, 1.54) is 50.1 Å². The average molecular weight is 756 g/mol. The molecule has 0 amide bonds. The molecule has 1 heterocycles. The fourth-order valence-electron chi connectivity index (χ4n) is 9.48. The Morgan fingerprint density at radius 2 is 0.814 bits per heavy atom. The average Bonchev–Trinajstić information content (AvgIpc) is 3.81. The van der Waals surface area contributed by atoms with E-state index in [1.807, 2.05) is 0 Å². The van der Waals surface area contributed by atoms with Crippen LogP contribution in [0.4, 0.5) is 17.1 Å². The smallest absolute Gasteiger partial charge is 0.143 e. The summed E-state index contributed by atoms with van der Waals surface area (Å²) in [6.07, 6.45) is 0. The molecule has 10 aromatic rings. The number of rotatable bonds is 7. The largest absolute Gasteiger partial charge is 0.455 e. The second kappa shape index (κ2) is 13.9. The maximum absolute atomic E-state index is 7.03. The van der Waals surface area contributed by atoms with Gasteiger partial charge in [-0.1, -0.05) is 196 Å². The topological polar surface area (TPSA) is 16.4 Å². The van der Waals surface area contributed by atoms with Crippen molar-refractivity contribution in [3.8, 4) is 55.6 Å². The van der Waals surface area contributed by atoms with Crippen molar-refractivity contribution >= 4 is 39.0 Å². The van der Waals surface area contributed by atoms with Crippen LogP contribution in [0.2, 0.25) is 0 Å². The standard InChI is InChI=1S/C57H41NO/c1-57(2)51-27-13-12-22-50(51)53-52(37-36-46(54(53)57)47-24-15-26-49-48-25-14-23-45(55(48)59-56(47)49)42-20-10-5-11-21-42)58(43-32-28-40(29-33-43)38-16-6-3-7-17-38)44-34-30-41(31-35-44)39-18-8-4-9-19-39/h3-37H,1-2H3. The predicted molar refractivity (Wildman–Crippen MR) is 248 cm³/mol. The van der Waals surface area contributed by atoms with Crippen molar-refractivity contribution in [3.63, 3.8) is 0 Å². The van der Waals surface area contributed by atoms with E-state index in [2.05, 4.69) is 231 Å². The zero-order chi connectivity index (χ0) is 39.5. The highest BCUT2D eigenvalue weighted by molar-refractivity contribution is 6.14. The Kier molecular flexibility index (Phi) is 8.20. The van der Waals surface area contributed by atoms with Gasteiger partial charge in [-0.2, -0.15) is 0 Å². The van der Waals surface area contributed by atoms with Crippen LogP contribution in [-0.4, -0.2) is 0 Å². The third-order valence-electron chi connectivity index (χ3n) is 12.3. The molecule has 2 heteroatoms. The quantitative estimate of drug-likeness (QED) is 0.161. The van der Waals surface area contributed by atoms with Gasteiger partial charge in [0.05, 0.1) is 5.69 Å². The Morgan fingerprint density at radius 1 is 0.356 bits per heavy atom. The highest BCUT2D eigenvalue weighted by atomic mass is 16.3. The number of nitrogens with zero attached hydrogens (tertiary/aromatic N) is 1. The molecule has 1 aromatic heterocycles. The van der Waals surface area contributed by atoms with Gasteiger partial charge in [-0.15, -0.1) is 0 Å². The molecule has 1 aliphatic carbocycles. The summed E-state index contributed by atoms with van der Waals surface area (Å²) in [4.78, 5) is 2.44. The summed E-state index contributed by atoms with van der Waals surface area (Å²) in [7, 11) is 0. The van der Waals surface area contributed by atoms with Gasteiger partial charge in [0.15, 0.2) is 0 Å². The molecule has 11 rings (SSSR count). The van der Waals surface area contributed by atoms with Crippen molar-refractivity contribution in [2.75, 3.05) is 4.90 Å². The summed E-state index contributed by atoms with van der Waals surface area (Å²) >= 11 is 0. The molecule has 0 aliphatic heterocycles. The van der Waals surface area contributed by atoms with Crippen LogP contribution in [0.5, 0.6) is 0 Å². The van der Waals surface area contributed by atoms with Crippen molar-refractivity contribution < 1.29 is 4.42 Å². The molecule has 0 bridgehead atoms. The van der Waals surface area contributed by atoms with Crippen molar-refractivity contribution in [1.82, 2.24) is 0 Å². The summed E-state index contributed by atoms with van der Waals surface area (Å²) < 4.78 is 7.03. The summed E-state index contributed by atoms with van der Waals surface area (Å²) in [5.74, 6) is 0. The van der Waals surface area contributed by atoms with Crippen molar-refractivity contribution in [2.45, 2.75) is 19.3 Å². The van der Waals surface area contributed by atoms with Gasteiger partial charge in [-0.3, -0.25) is 0 Å². The van der Waals surface area contributed by atoms with Gasteiger partial charge in [0.2, 0.25) is 0 Å². The van der Waals surface area contributed by atoms with Crippen LogP contribution in [0.3, 0.4) is 0 Å². The number of para-hydroxylation sites is 2. The number of fused-ring (bicyclic) bond motifs is 6. The Bertz CT molecular complexity index is 3060. The van der Waals surface area contributed by atoms with Gasteiger partial charge < -0.3 is 9.32 Å². The SMILES string of the molecule is CC1(C)c2ccccc2-c2c(N(c3ccc(-c4ccccc4)cc3)c3ccc(-c4ccccc4)cc3)ccc(-c3cccc4c3oc3c(-c5ccccc5)cccc34)c21. The molecule has 0 unspecified atom stereocenters. The van der Waals surface area contributed by atoms with Gasteiger partial charge >= 0.3 is 0 Å². The first-order chi connectivity index (χ1) is 29.0. The van der Waals surface area contributed by atoms with E-state index in [-0.39, 0.29) is 5.41 Å². The number of anilines is 3. The van der Waals surface area contributed by atoms with Gasteiger partial charge in [0, 0.05) is 44.3 Å². The fraction of sp³-hybridized carbons (Fsp3) is 0.0526. The highest BCUT2D eigenvalue weighted by Gasteiger charge is 2.40. The van der Waals surface area contributed by atoms with E-state index < -0.39 is 0 Å². The van der Waals surface area contributed by atoms with Crippen LogP contribution in [-0.2, 0) is 5.41 Å². The van der Waals surface area contributed by atoms with Gasteiger partial charge in [0.1, 0.15) is 11.2 Å². The van der Waals surface area contributed by atoms with E-state index in [4.69, 9.17) is 4.42 Å². The maximum Gasteiger partial charge on any atom is 0.143 e. The molecule has 2 nitrogen and oxygen atoms in total. The zero-order valence-electron chi connectivity index (χ0n) is 33.1. The van der Waals surface area contributed by atoms with Crippen LogP contribution in [0.15, 0.2) is 217 Å². The summed E-state index contributed by atoms with van der Waals surface area (Å²) in [6.45, 7) is 4.76. The molecular formula is C57H41NO. The normalized spacial score (nSPS) is 12.7. The summed E-state index contributed by atoms with van der Waals surface area (Å²) in [5.41, 5.74) is 19.4. The Hall–Kier alpha value is -7.42. The van der Waals surface area contributed by atoms with E-state index in [9.17, 15) is 0 Å². The third kappa shape index (κ3) is 5.71. The zero-order valence-corrected chi connectivity index (χ0v) is 33.1. The van der Waals surface area contributed by atoms with Crippen molar-refractivity contribution in [3.05, 3.63) is 223 Å². The summed E-state index contributed by atoms with van der Waals surface area (Å²) in [5, 5.41) is 2.25. The molecule has 0 spiro atoms. The Balaban J connectivity index is 1.14. The second-order valence-corrected chi connectivity index (χ2v) is 16.0. The minimum atomic E-state index is -0.291. The first-order valence-corrected chi connectivity index (χ1v) is 20.4. The Morgan fingerprint density at radius 3 is 1.39 bits per heavy atom. The molecule has 9 aromatic carbocycles. The van der Waals surface area contributed by atoms with Crippen LogP contribution in [0.25, 0.3) is 77.6 Å². The van der Waals surface area contributed by atoms with Crippen LogP contribution in [0.1, 0.15) is 25.0 Å². The van der Waals surface area contributed by atoms with Gasteiger partial charge in [0.25, 0.3) is 0 Å². The molecule has 0 atom stereocenters. The molecule has 59 heavy (non-hydrogen) atoms. The van der Waals surface area contributed by atoms with Crippen molar-refractivity contribution in [1.29, 1.82) is 0 Å². The lowest BCUT2D eigenvalue weighted by atomic mass is 9.78. The molecule has 280 valence electrons. The number of hydrogen-bond donors (Lipinski definition) is 0. The number of hydrogen-bond acceptors (Lipinski definition) is 2. The van der Waals surface area contributed by atoms with E-state index in [1.54, 1.807) is 0 Å². The lowest BCUT2D eigenvalue weighted by Gasteiger charge is -2.30. The maximum atomic E-state index is 7.03. The molecule has 1 aliphatic rings. The monoisotopic (exact) mass is 755 g/mol. The molecule has 0 radical (unpaired) electrons. The number of furan rings is 1. The van der Waals surface area contributed by atoms with E-state index in [0.29, 0.717) is 0 Å². The molecular weight excluding hydrogens is 715 g/mol. The molecule has 0 fully saturated rings. The molecule has 0 N–H and O–H groups in total. The third-order valence-corrected chi connectivity index (χ3v) is 12.3. The first kappa shape index (κ1) is 34.8. The van der Waals surface area contributed by atoms with Crippen molar-refractivity contribution in [2.24, 2.45) is 0 Å². The van der Waals surface area contributed by atoms with Crippen LogP contribution < -0.4 is 4.90 Å². The van der Waals surface area contributed by atoms with Gasteiger partial charge in [-0.05, 0) is 80.4 Å². The Labute approximate surface area is 345 Å². The van der Waals surface area contributed by atoms with Crippen LogP contribution >= 0.6 is 0 Å². The minimum absolute atomic E-state index is 0.291. The summed E-state index contributed by atoms with van der Waals surface area (Å²) in [6, 6.07) is 76.6. The van der Waals surface area contributed by atoms with Crippen LogP contribution in [0, 0.1) is 0 Å². The lowest BCUT2D eigenvalue weighted by Crippen LogP contribution is -2.17. The van der Waals surface area contributed by atoms with E-state index >= 15 is 0 Å². The lowest BCUT2D eigenvalue weighted by molar-refractivity contribution is 0.659. The van der Waals surface area contributed by atoms with E-state index in [0.717, 1.165) is 55.7 Å².